The zero-order valence-corrected chi connectivity index (χ0v) is 13.2. The van der Waals surface area contributed by atoms with Crippen LogP contribution in [0.15, 0.2) is 24.3 Å². The molecule has 1 aromatic rings. The number of hydrogen-bond donors (Lipinski definition) is 0. The summed E-state index contributed by atoms with van der Waals surface area (Å²) in [5.41, 5.74) is 2.25. The van der Waals surface area contributed by atoms with E-state index in [1.165, 1.54) is 31.5 Å². The van der Waals surface area contributed by atoms with Gasteiger partial charge in [0, 0.05) is 17.5 Å². The predicted octanol–water partition coefficient (Wildman–Crippen LogP) is 4.11. The number of Topliss-reactive ketones (excluding diaryl/α,β-unsaturated/α-hetero) is 1. The zero-order valence-electron chi connectivity index (χ0n) is 13.2. The zero-order chi connectivity index (χ0) is 14.7. The van der Waals surface area contributed by atoms with E-state index < -0.39 is 0 Å². The number of piperidine rings is 1. The fraction of sp³-hybridized carbons (Fsp3) is 0.611. The number of carbonyl (C=O) groups is 1. The first kappa shape index (κ1) is 15.2. The third kappa shape index (κ3) is 3.49. The lowest BCUT2D eigenvalue weighted by atomic mass is 9.88. The Labute approximate surface area is 123 Å². The highest BCUT2D eigenvalue weighted by Gasteiger charge is 2.22. The summed E-state index contributed by atoms with van der Waals surface area (Å²) in [6.07, 6.45) is 2.46. The van der Waals surface area contributed by atoms with Crippen molar-refractivity contribution >= 4 is 5.78 Å². The smallest absolute Gasteiger partial charge is 0.165 e. The summed E-state index contributed by atoms with van der Waals surface area (Å²) < 4.78 is 0. The maximum Gasteiger partial charge on any atom is 0.165 e. The topological polar surface area (TPSA) is 20.3 Å². The molecular formula is C18H27NO. The van der Waals surface area contributed by atoms with E-state index in [0.29, 0.717) is 12.0 Å². The third-order valence-electron chi connectivity index (χ3n) is 4.45. The SMILES string of the molecule is CC(C)C(=O)c1ccc(C2CCN(C(C)C)CC2)cc1. The van der Waals surface area contributed by atoms with Crippen LogP contribution in [0.1, 0.15) is 62.4 Å². The molecule has 1 saturated heterocycles. The van der Waals surface area contributed by atoms with E-state index in [9.17, 15) is 4.79 Å². The molecule has 2 nitrogen and oxygen atoms in total. The number of benzene rings is 1. The Bertz CT molecular complexity index is 439. The molecule has 2 rings (SSSR count). The van der Waals surface area contributed by atoms with Crippen LogP contribution in [0.4, 0.5) is 0 Å². The number of rotatable bonds is 4. The summed E-state index contributed by atoms with van der Waals surface area (Å²) in [4.78, 5) is 14.5. The monoisotopic (exact) mass is 273 g/mol. The average molecular weight is 273 g/mol. The number of hydrogen-bond acceptors (Lipinski definition) is 2. The first-order valence-corrected chi connectivity index (χ1v) is 7.87. The van der Waals surface area contributed by atoms with Gasteiger partial charge in [-0.2, -0.15) is 0 Å². The average Bonchev–Trinajstić information content (AvgIpc) is 2.46. The Kier molecular flexibility index (Phi) is 4.98. The van der Waals surface area contributed by atoms with E-state index in [-0.39, 0.29) is 11.7 Å². The van der Waals surface area contributed by atoms with Gasteiger partial charge in [0.15, 0.2) is 5.78 Å². The summed E-state index contributed by atoms with van der Waals surface area (Å²) >= 11 is 0. The van der Waals surface area contributed by atoms with Crippen molar-refractivity contribution in [2.75, 3.05) is 13.1 Å². The number of nitrogens with zero attached hydrogens (tertiary/aromatic N) is 1. The Morgan fingerprint density at radius 1 is 1.05 bits per heavy atom. The van der Waals surface area contributed by atoms with Gasteiger partial charge in [-0.05, 0) is 51.3 Å². The first-order chi connectivity index (χ1) is 9.49. The van der Waals surface area contributed by atoms with Crippen molar-refractivity contribution in [2.45, 2.75) is 52.5 Å². The second-order valence-corrected chi connectivity index (χ2v) is 6.54. The van der Waals surface area contributed by atoms with Gasteiger partial charge in [0.05, 0.1) is 0 Å². The van der Waals surface area contributed by atoms with Crippen molar-refractivity contribution in [2.24, 2.45) is 5.92 Å². The minimum absolute atomic E-state index is 0.0788. The summed E-state index contributed by atoms with van der Waals surface area (Å²) in [5.74, 6) is 0.981. The van der Waals surface area contributed by atoms with Crippen LogP contribution in [0.5, 0.6) is 0 Å². The highest BCUT2D eigenvalue weighted by atomic mass is 16.1. The van der Waals surface area contributed by atoms with Gasteiger partial charge < -0.3 is 4.90 Å². The molecule has 0 atom stereocenters. The minimum Gasteiger partial charge on any atom is -0.301 e. The second kappa shape index (κ2) is 6.53. The normalized spacial score (nSPS) is 17.9. The molecule has 0 aliphatic carbocycles. The van der Waals surface area contributed by atoms with Gasteiger partial charge in [-0.25, -0.2) is 0 Å². The molecule has 20 heavy (non-hydrogen) atoms. The molecule has 0 amide bonds. The lowest BCUT2D eigenvalue weighted by molar-refractivity contribution is 0.0939. The summed E-state index contributed by atoms with van der Waals surface area (Å²) in [6.45, 7) is 10.8. The van der Waals surface area contributed by atoms with Gasteiger partial charge in [0.25, 0.3) is 0 Å². The molecule has 0 unspecified atom stereocenters. The molecule has 2 heteroatoms. The second-order valence-electron chi connectivity index (χ2n) is 6.54. The quantitative estimate of drug-likeness (QED) is 0.769. The molecule has 0 bridgehead atoms. The largest absolute Gasteiger partial charge is 0.301 e. The van der Waals surface area contributed by atoms with Crippen molar-refractivity contribution in [3.63, 3.8) is 0 Å². The van der Waals surface area contributed by atoms with Crippen LogP contribution >= 0.6 is 0 Å². The van der Waals surface area contributed by atoms with Gasteiger partial charge in [-0.1, -0.05) is 38.1 Å². The number of ketones is 1. The molecule has 110 valence electrons. The predicted molar refractivity (Wildman–Crippen MR) is 84.3 cm³/mol. The third-order valence-corrected chi connectivity index (χ3v) is 4.45. The van der Waals surface area contributed by atoms with Gasteiger partial charge >= 0.3 is 0 Å². The lowest BCUT2D eigenvalue weighted by Gasteiger charge is -2.34. The standard InChI is InChI=1S/C18H27NO/c1-13(2)18(20)17-7-5-15(6-8-17)16-9-11-19(12-10-16)14(3)4/h5-8,13-14,16H,9-12H2,1-4H3. The fourth-order valence-electron chi connectivity index (χ4n) is 3.00. The maximum absolute atomic E-state index is 11.9. The van der Waals surface area contributed by atoms with E-state index in [0.717, 1.165) is 5.56 Å². The maximum atomic E-state index is 11.9. The number of likely N-dealkylation sites (tertiary alicyclic amines) is 1. The molecule has 0 saturated carbocycles. The van der Waals surface area contributed by atoms with Crippen molar-refractivity contribution in [3.8, 4) is 0 Å². The molecule has 0 N–H and O–H groups in total. The van der Waals surface area contributed by atoms with E-state index in [4.69, 9.17) is 0 Å². The van der Waals surface area contributed by atoms with Crippen molar-refractivity contribution in [3.05, 3.63) is 35.4 Å². The highest BCUT2D eigenvalue weighted by Crippen LogP contribution is 2.29. The molecule has 1 heterocycles. The molecule has 0 spiro atoms. The van der Waals surface area contributed by atoms with Crippen molar-refractivity contribution in [1.82, 2.24) is 4.90 Å². The molecule has 1 aliphatic rings. The molecule has 1 fully saturated rings. The van der Waals surface area contributed by atoms with Crippen molar-refractivity contribution < 1.29 is 4.79 Å². The van der Waals surface area contributed by atoms with Gasteiger partial charge in [-0.3, -0.25) is 4.79 Å². The first-order valence-electron chi connectivity index (χ1n) is 7.87. The van der Waals surface area contributed by atoms with Crippen LogP contribution in [0.25, 0.3) is 0 Å². The van der Waals surface area contributed by atoms with Crippen LogP contribution in [-0.4, -0.2) is 29.8 Å². The highest BCUT2D eigenvalue weighted by molar-refractivity contribution is 5.97. The van der Waals surface area contributed by atoms with E-state index >= 15 is 0 Å². The van der Waals surface area contributed by atoms with Crippen LogP contribution in [-0.2, 0) is 0 Å². The van der Waals surface area contributed by atoms with E-state index in [1.807, 2.05) is 26.0 Å². The van der Waals surface area contributed by atoms with Crippen LogP contribution < -0.4 is 0 Å². The molecule has 0 radical (unpaired) electrons. The van der Waals surface area contributed by atoms with Gasteiger partial charge in [-0.15, -0.1) is 0 Å². The lowest BCUT2D eigenvalue weighted by Crippen LogP contribution is -2.37. The van der Waals surface area contributed by atoms with Gasteiger partial charge in [0.1, 0.15) is 0 Å². The summed E-state index contributed by atoms with van der Waals surface area (Å²) in [5, 5.41) is 0. The fourth-order valence-corrected chi connectivity index (χ4v) is 3.00. The Morgan fingerprint density at radius 2 is 1.60 bits per heavy atom. The molecule has 0 aromatic heterocycles. The number of carbonyl (C=O) groups excluding carboxylic acids is 1. The van der Waals surface area contributed by atoms with Crippen molar-refractivity contribution in [1.29, 1.82) is 0 Å². The van der Waals surface area contributed by atoms with Gasteiger partial charge in [0.2, 0.25) is 0 Å². The van der Waals surface area contributed by atoms with E-state index in [1.54, 1.807) is 0 Å². The van der Waals surface area contributed by atoms with Crippen LogP contribution in [0.3, 0.4) is 0 Å². The van der Waals surface area contributed by atoms with Crippen LogP contribution in [0, 0.1) is 5.92 Å². The Hall–Kier alpha value is -1.15. The molecule has 1 aliphatic heterocycles. The Balaban J connectivity index is 1.99. The minimum atomic E-state index is 0.0788. The Morgan fingerprint density at radius 3 is 2.05 bits per heavy atom. The van der Waals surface area contributed by atoms with Crippen LogP contribution in [0.2, 0.25) is 0 Å². The molecular weight excluding hydrogens is 246 g/mol. The summed E-state index contributed by atoms with van der Waals surface area (Å²) in [7, 11) is 0. The van der Waals surface area contributed by atoms with E-state index in [2.05, 4.69) is 30.9 Å². The summed E-state index contributed by atoms with van der Waals surface area (Å²) in [6, 6.07) is 8.98. The molecule has 1 aromatic carbocycles.